The summed E-state index contributed by atoms with van der Waals surface area (Å²) in [5.41, 5.74) is 1.48. The number of carbonyl (C=O) groups excluding carboxylic acids is 3. The topological polar surface area (TPSA) is 122 Å². The van der Waals surface area contributed by atoms with Crippen molar-refractivity contribution in [3.8, 4) is 0 Å². The number of carbonyl (C=O) groups is 3. The predicted molar refractivity (Wildman–Crippen MR) is 119 cm³/mol. The van der Waals surface area contributed by atoms with Crippen LogP contribution in [0.3, 0.4) is 0 Å². The molecule has 1 heterocycles. The largest absolute Gasteiger partial charge is 0.468 e. The maximum absolute atomic E-state index is 13.8. The maximum Gasteiger partial charge on any atom is 0.325 e. The number of amides is 2. The summed E-state index contributed by atoms with van der Waals surface area (Å²) in [4.78, 5) is 36.6. The summed E-state index contributed by atoms with van der Waals surface area (Å²) in [6, 6.07) is 8.02. The first-order valence-electron chi connectivity index (χ1n) is 9.61. The summed E-state index contributed by atoms with van der Waals surface area (Å²) in [7, 11) is -3.10. The smallest absolute Gasteiger partial charge is 0.325 e. The molecular weight excluding hydrogens is 458 g/mol. The summed E-state index contributed by atoms with van der Waals surface area (Å²) in [6.45, 7) is 2.88. The highest BCUT2D eigenvalue weighted by molar-refractivity contribution is 7.93. The molecule has 9 nitrogen and oxygen atoms in total. The van der Waals surface area contributed by atoms with E-state index in [1.54, 1.807) is 38.1 Å². The van der Waals surface area contributed by atoms with Crippen LogP contribution in [0.5, 0.6) is 0 Å². The van der Waals surface area contributed by atoms with Crippen LogP contribution < -0.4 is 14.9 Å². The lowest BCUT2D eigenvalue weighted by Gasteiger charge is -2.37. The van der Waals surface area contributed by atoms with Gasteiger partial charge in [0, 0.05) is 5.02 Å². The third kappa shape index (κ3) is 4.56. The molecule has 0 bridgehead atoms. The van der Waals surface area contributed by atoms with Crippen molar-refractivity contribution in [3.63, 3.8) is 0 Å². The molecule has 3 rings (SSSR count). The second-order valence-electron chi connectivity index (χ2n) is 7.25. The van der Waals surface area contributed by atoms with Crippen molar-refractivity contribution in [1.82, 2.24) is 5.32 Å². The van der Waals surface area contributed by atoms with Crippen LogP contribution in [0.25, 0.3) is 0 Å². The van der Waals surface area contributed by atoms with Gasteiger partial charge < -0.3 is 15.4 Å². The predicted octanol–water partition coefficient (Wildman–Crippen LogP) is 2.15. The molecule has 1 atom stereocenters. The number of rotatable bonds is 6. The molecule has 1 aliphatic rings. The Balaban J connectivity index is 2.07. The van der Waals surface area contributed by atoms with E-state index in [1.807, 2.05) is 0 Å². The van der Waals surface area contributed by atoms with Crippen LogP contribution in [-0.2, 0) is 29.1 Å². The Bertz CT molecular complexity index is 1200. The monoisotopic (exact) mass is 479 g/mol. The second-order valence-corrected chi connectivity index (χ2v) is 9.44. The van der Waals surface area contributed by atoms with E-state index in [4.69, 9.17) is 11.6 Å². The van der Waals surface area contributed by atoms with Gasteiger partial charge in [0.15, 0.2) is 0 Å². The Kier molecular flexibility index (Phi) is 6.75. The maximum atomic E-state index is 13.8. The molecule has 2 aromatic rings. The Hall–Kier alpha value is -3.11. The fraction of sp³-hybridized carbons (Fsp3) is 0.286. The van der Waals surface area contributed by atoms with Gasteiger partial charge >= 0.3 is 5.97 Å². The number of anilines is 2. The minimum atomic E-state index is -4.27. The molecule has 1 aliphatic heterocycles. The molecule has 32 heavy (non-hydrogen) atoms. The highest BCUT2D eigenvalue weighted by atomic mass is 35.5. The number of para-hydroxylation sites is 2. The highest BCUT2D eigenvalue weighted by Gasteiger charge is 2.42. The van der Waals surface area contributed by atoms with Crippen molar-refractivity contribution in [2.75, 3.05) is 23.3 Å². The summed E-state index contributed by atoms with van der Waals surface area (Å²) >= 11 is 6.13. The van der Waals surface area contributed by atoms with Gasteiger partial charge in [-0.05, 0) is 49.2 Å². The van der Waals surface area contributed by atoms with E-state index in [2.05, 4.69) is 15.4 Å². The zero-order valence-electron chi connectivity index (χ0n) is 17.6. The number of nitrogens with zero attached hydrogens (tertiary/aromatic N) is 1. The third-order valence-corrected chi connectivity index (χ3v) is 7.39. The number of esters is 1. The van der Waals surface area contributed by atoms with Crippen LogP contribution in [0.2, 0.25) is 5.02 Å². The molecule has 2 aromatic carbocycles. The van der Waals surface area contributed by atoms with Crippen LogP contribution in [-0.4, -0.2) is 45.9 Å². The van der Waals surface area contributed by atoms with E-state index < -0.39 is 46.8 Å². The molecule has 0 aliphatic carbocycles. The first-order chi connectivity index (χ1) is 15.1. The lowest BCUT2D eigenvalue weighted by molar-refractivity contribution is -0.141. The molecule has 0 saturated carbocycles. The lowest BCUT2D eigenvalue weighted by atomic mass is 10.1. The number of fused-ring (bicyclic) bond motifs is 1. The van der Waals surface area contributed by atoms with E-state index >= 15 is 0 Å². The summed E-state index contributed by atoms with van der Waals surface area (Å²) in [5.74, 6) is -2.02. The molecule has 2 amide bonds. The van der Waals surface area contributed by atoms with Crippen LogP contribution >= 0.6 is 11.6 Å². The summed E-state index contributed by atoms with van der Waals surface area (Å²) in [6.07, 6.45) is -0.498. The first-order valence-corrected chi connectivity index (χ1v) is 11.4. The Morgan fingerprint density at radius 1 is 1.19 bits per heavy atom. The molecule has 0 fully saturated rings. The quantitative estimate of drug-likeness (QED) is 0.612. The molecule has 170 valence electrons. The SMILES string of the molecule is COC(=O)CNC(=O)C[C@@H]1C(=O)Nc2ccccc2N1S(=O)(=O)c1cc(C)c(Cl)cc1C. The fourth-order valence-electron chi connectivity index (χ4n) is 3.36. The van der Waals surface area contributed by atoms with Crippen molar-refractivity contribution in [2.24, 2.45) is 0 Å². The van der Waals surface area contributed by atoms with Crippen LogP contribution in [0, 0.1) is 13.8 Å². The molecule has 0 aromatic heterocycles. The fourth-order valence-corrected chi connectivity index (χ4v) is 5.51. The van der Waals surface area contributed by atoms with Crippen LogP contribution in [0.4, 0.5) is 11.4 Å². The number of methoxy groups -OCH3 is 1. The van der Waals surface area contributed by atoms with Crippen molar-refractivity contribution >= 4 is 50.8 Å². The minimum absolute atomic E-state index is 0.0242. The zero-order chi connectivity index (χ0) is 23.6. The Morgan fingerprint density at radius 2 is 1.88 bits per heavy atom. The number of benzene rings is 2. The number of sulfonamides is 1. The lowest BCUT2D eigenvalue weighted by Crippen LogP contribution is -2.53. The van der Waals surface area contributed by atoms with Gasteiger partial charge in [0.25, 0.3) is 10.0 Å². The van der Waals surface area contributed by atoms with Crippen molar-refractivity contribution in [3.05, 3.63) is 52.5 Å². The van der Waals surface area contributed by atoms with Crippen LogP contribution in [0.15, 0.2) is 41.3 Å². The molecule has 0 unspecified atom stereocenters. The Labute approximate surface area is 190 Å². The number of halogens is 1. The zero-order valence-corrected chi connectivity index (χ0v) is 19.2. The van der Waals surface area contributed by atoms with Gasteiger partial charge in [0.2, 0.25) is 11.8 Å². The van der Waals surface area contributed by atoms with Gasteiger partial charge in [-0.2, -0.15) is 0 Å². The molecular formula is C21H22ClN3O6S. The van der Waals surface area contributed by atoms with Crippen molar-refractivity contribution < 1.29 is 27.5 Å². The average Bonchev–Trinajstić information content (AvgIpc) is 2.74. The Morgan fingerprint density at radius 3 is 2.56 bits per heavy atom. The van der Waals surface area contributed by atoms with Gasteiger partial charge in [-0.1, -0.05) is 23.7 Å². The molecule has 2 N–H and O–H groups in total. The van der Waals surface area contributed by atoms with E-state index in [1.165, 1.54) is 19.2 Å². The first kappa shape index (κ1) is 23.6. The highest BCUT2D eigenvalue weighted by Crippen LogP contribution is 2.38. The number of nitrogens with one attached hydrogen (secondary N) is 2. The van der Waals surface area contributed by atoms with Gasteiger partial charge in [-0.25, -0.2) is 8.42 Å². The van der Waals surface area contributed by atoms with Gasteiger partial charge in [0.1, 0.15) is 12.6 Å². The molecule has 0 radical (unpaired) electrons. The number of ether oxygens (including phenoxy) is 1. The molecule has 0 saturated heterocycles. The normalized spacial score (nSPS) is 15.6. The van der Waals surface area contributed by atoms with Crippen molar-refractivity contribution in [1.29, 1.82) is 0 Å². The van der Waals surface area contributed by atoms with Gasteiger partial charge in [-0.15, -0.1) is 0 Å². The minimum Gasteiger partial charge on any atom is -0.468 e. The van der Waals surface area contributed by atoms with E-state index in [0.717, 1.165) is 4.31 Å². The standard InChI is InChI=1S/C21H22ClN3O6S/c1-12-9-18(13(2)8-14(12)22)32(29,30)25-16-7-5-4-6-15(16)24-21(28)17(25)10-19(26)23-11-20(27)31-3/h4-9,17H,10-11H2,1-3H3,(H,23,26)(H,24,28)/t17-/m1/s1. The van der Waals surface area contributed by atoms with E-state index in [0.29, 0.717) is 21.8 Å². The van der Waals surface area contributed by atoms with Gasteiger partial charge in [0.05, 0.1) is 29.8 Å². The van der Waals surface area contributed by atoms with E-state index in [-0.39, 0.29) is 10.6 Å². The summed E-state index contributed by atoms with van der Waals surface area (Å²) < 4.78 is 33.0. The number of hydrogen-bond donors (Lipinski definition) is 2. The van der Waals surface area contributed by atoms with Crippen LogP contribution in [0.1, 0.15) is 17.5 Å². The number of hydrogen-bond acceptors (Lipinski definition) is 6. The summed E-state index contributed by atoms with van der Waals surface area (Å²) in [5, 5.41) is 5.39. The molecule has 0 spiro atoms. The average molecular weight is 480 g/mol. The molecule has 11 heteroatoms. The van der Waals surface area contributed by atoms with Gasteiger partial charge in [-0.3, -0.25) is 18.7 Å². The third-order valence-electron chi connectivity index (χ3n) is 5.01. The second kappa shape index (κ2) is 9.17. The van der Waals surface area contributed by atoms with E-state index in [9.17, 15) is 22.8 Å². The van der Waals surface area contributed by atoms with Crippen molar-refractivity contribution in [2.45, 2.75) is 31.2 Å². The number of aryl methyl sites for hydroxylation is 2.